The van der Waals surface area contributed by atoms with Gasteiger partial charge in [-0.25, -0.2) is 0 Å². The van der Waals surface area contributed by atoms with Crippen molar-refractivity contribution in [2.45, 2.75) is 6.92 Å². The minimum absolute atomic E-state index is 0.347. The maximum Gasteiger partial charge on any atom is 0.118 e. The maximum absolute atomic E-state index is 9.56. The van der Waals surface area contributed by atoms with Gasteiger partial charge in [0, 0.05) is 0 Å². The molecule has 88 valence electrons. The zero-order valence-electron chi connectivity index (χ0n) is 10.2. The van der Waals surface area contributed by atoms with Crippen LogP contribution in [0.1, 0.15) is 5.56 Å². The summed E-state index contributed by atoms with van der Waals surface area (Å²) >= 11 is 0. The van der Waals surface area contributed by atoms with E-state index in [1.165, 1.54) is 16.3 Å². The predicted molar refractivity (Wildman–Crippen MR) is 75.8 cm³/mol. The lowest BCUT2D eigenvalue weighted by Gasteiger charge is -2.06. The smallest absolute Gasteiger partial charge is 0.118 e. The Kier molecular flexibility index (Phi) is 2.52. The first kappa shape index (κ1) is 10.8. The van der Waals surface area contributed by atoms with Gasteiger partial charge in [-0.2, -0.15) is 0 Å². The molecular formula is C17H14O. The normalized spacial score (nSPS) is 10.7. The molecule has 0 atom stereocenters. The molecule has 0 saturated heterocycles. The predicted octanol–water partition coefficient (Wildman–Crippen LogP) is 4.52. The lowest BCUT2D eigenvalue weighted by molar-refractivity contribution is 0.471. The molecule has 0 aliphatic carbocycles. The highest BCUT2D eigenvalue weighted by molar-refractivity contribution is 5.87. The summed E-state index contributed by atoms with van der Waals surface area (Å²) in [5, 5.41) is 12.0. The molecule has 0 saturated carbocycles. The Hall–Kier alpha value is -2.28. The molecule has 0 spiro atoms. The Morgan fingerprint density at radius 2 is 1.39 bits per heavy atom. The molecule has 0 unspecified atom stereocenters. The van der Waals surface area contributed by atoms with Crippen LogP contribution < -0.4 is 0 Å². The fraction of sp³-hybridized carbons (Fsp3) is 0.0588. The van der Waals surface area contributed by atoms with E-state index in [1.54, 1.807) is 6.07 Å². The Morgan fingerprint density at radius 1 is 0.722 bits per heavy atom. The van der Waals surface area contributed by atoms with Crippen LogP contribution in [0.25, 0.3) is 21.9 Å². The molecule has 1 heteroatoms. The summed E-state index contributed by atoms with van der Waals surface area (Å²) in [5.41, 5.74) is 3.22. The van der Waals surface area contributed by atoms with E-state index in [0.717, 1.165) is 11.1 Å². The van der Waals surface area contributed by atoms with Crippen LogP contribution in [0.5, 0.6) is 5.75 Å². The van der Waals surface area contributed by atoms with E-state index in [1.807, 2.05) is 31.2 Å². The van der Waals surface area contributed by atoms with Crippen LogP contribution in [0.2, 0.25) is 0 Å². The van der Waals surface area contributed by atoms with Crippen LogP contribution in [0.3, 0.4) is 0 Å². The zero-order chi connectivity index (χ0) is 12.5. The van der Waals surface area contributed by atoms with E-state index >= 15 is 0 Å². The SMILES string of the molecule is Cc1cc(-c2ccc3ccccc3c2)ccc1O. The maximum atomic E-state index is 9.56. The number of aromatic hydroxyl groups is 1. The van der Waals surface area contributed by atoms with Gasteiger partial charge in [-0.15, -0.1) is 0 Å². The molecular weight excluding hydrogens is 220 g/mol. The van der Waals surface area contributed by atoms with Crippen molar-refractivity contribution in [1.82, 2.24) is 0 Å². The minimum Gasteiger partial charge on any atom is -0.508 e. The van der Waals surface area contributed by atoms with E-state index in [0.29, 0.717) is 5.75 Å². The van der Waals surface area contributed by atoms with Gasteiger partial charge < -0.3 is 5.11 Å². The average molecular weight is 234 g/mol. The second-order valence-electron chi connectivity index (χ2n) is 4.56. The van der Waals surface area contributed by atoms with Gasteiger partial charge in [-0.05, 0) is 52.6 Å². The summed E-state index contributed by atoms with van der Waals surface area (Å²) in [4.78, 5) is 0. The summed E-state index contributed by atoms with van der Waals surface area (Å²) in [7, 11) is 0. The fourth-order valence-corrected chi connectivity index (χ4v) is 2.20. The standard InChI is InChI=1S/C17H14O/c1-12-10-15(8-9-17(12)18)16-7-6-13-4-2-3-5-14(13)11-16/h2-11,18H,1H3. The van der Waals surface area contributed by atoms with Gasteiger partial charge in [0.05, 0.1) is 0 Å². The molecule has 3 rings (SSSR count). The quantitative estimate of drug-likeness (QED) is 0.656. The molecule has 0 radical (unpaired) electrons. The Balaban J connectivity index is 2.16. The molecule has 3 aromatic rings. The third-order valence-electron chi connectivity index (χ3n) is 3.28. The van der Waals surface area contributed by atoms with Crippen molar-refractivity contribution in [2.24, 2.45) is 0 Å². The van der Waals surface area contributed by atoms with Crippen molar-refractivity contribution in [3.8, 4) is 16.9 Å². The molecule has 0 aliphatic heterocycles. The van der Waals surface area contributed by atoms with Gasteiger partial charge in [-0.3, -0.25) is 0 Å². The van der Waals surface area contributed by atoms with Gasteiger partial charge in [0.1, 0.15) is 5.75 Å². The van der Waals surface area contributed by atoms with Crippen LogP contribution in [0.4, 0.5) is 0 Å². The first-order valence-corrected chi connectivity index (χ1v) is 6.03. The minimum atomic E-state index is 0.347. The van der Waals surface area contributed by atoms with Gasteiger partial charge in [0.15, 0.2) is 0 Å². The average Bonchev–Trinajstić information content (AvgIpc) is 2.41. The molecule has 0 aliphatic rings. The van der Waals surface area contributed by atoms with E-state index in [9.17, 15) is 5.11 Å². The highest BCUT2D eigenvalue weighted by atomic mass is 16.3. The third-order valence-corrected chi connectivity index (χ3v) is 3.28. The fourth-order valence-electron chi connectivity index (χ4n) is 2.20. The van der Waals surface area contributed by atoms with Crippen molar-refractivity contribution < 1.29 is 5.11 Å². The van der Waals surface area contributed by atoms with Crippen LogP contribution in [-0.4, -0.2) is 5.11 Å². The van der Waals surface area contributed by atoms with Crippen LogP contribution in [0, 0.1) is 6.92 Å². The second kappa shape index (κ2) is 4.19. The summed E-state index contributed by atoms with van der Waals surface area (Å²) in [6.07, 6.45) is 0. The highest BCUT2D eigenvalue weighted by Gasteiger charge is 2.02. The molecule has 0 heterocycles. The topological polar surface area (TPSA) is 20.2 Å². The van der Waals surface area contributed by atoms with Crippen molar-refractivity contribution >= 4 is 10.8 Å². The Labute approximate surface area is 106 Å². The summed E-state index contributed by atoms with van der Waals surface area (Å²) in [6, 6.07) is 20.5. The van der Waals surface area contributed by atoms with Crippen molar-refractivity contribution in [3.05, 3.63) is 66.2 Å². The van der Waals surface area contributed by atoms with Gasteiger partial charge in [0.2, 0.25) is 0 Å². The van der Waals surface area contributed by atoms with E-state index in [4.69, 9.17) is 0 Å². The largest absolute Gasteiger partial charge is 0.508 e. The lowest BCUT2D eigenvalue weighted by Crippen LogP contribution is -1.81. The molecule has 0 aromatic heterocycles. The van der Waals surface area contributed by atoms with Crippen molar-refractivity contribution in [3.63, 3.8) is 0 Å². The van der Waals surface area contributed by atoms with Crippen molar-refractivity contribution in [2.75, 3.05) is 0 Å². The highest BCUT2D eigenvalue weighted by Crippen LogP contribution is 2.27. The van der Waals surface area contributed by atoms with Gasteiger partial charge >= 0.3 is 0 Å². The number of rotatable bonds is 1. The molecule has 0 bridgehead atoms. The number of phenols is 1. The summed E-state index contributed by atoms with van der Waals surface area (Å²) in [6.45, 7) is 1.92. The molecule has 1 nitrogen and oxygen atoms in total. The second-order valence-corrected chi connectivity index (χ2v) is 4.56. The monoisotopic (exact) mass is 234 g/mol. The zero-order valence-corrected chi connectivity index (χ0v) is 10.2. The number of hydrogen-bond donors (Lipinski definition) is 1. The number of aryl methyl sites for hydroxylation is 1. The van der Waals surface area contributed by atoms with Crippen LogP contribution >= 0.6 is 0 Å². The van der Waals surface area contributed by atoms with Crippen LogP contribution in [-0.2, 0) is 0 Å². The van der Waals surface area contributed by atoms with Crippen LogP contribution in [0.15, 0.2) is 60.7 Å². The van der Waals surface area contributed by atoms with Gasteiger partial charge in [-0.1, -0.05) is 42.5 Å². The summed E-state index contributed by atoms with van der Waals surface area (Å²) in [5.74, 6) is 0.347. The molecule has 18 heavy (non-hydrogen) atoms. The molecule has 0 amide bonds. The molecule has 3 aromatic carbocycles. The van der Waals surface area contributed by atoms with Gasteiger partial charge in [0.25, 0.3) is 0 Å². The third kappa shape index (κ3) is 1.84. The summed E-state index contributed by atoms with van der Waals surface area (Å²) < 4.78 is 0. The van der Waals surface area contributed by atoms with E-state index in [-0.39, 0.29) is 0 Å². The molecule has 0 fully saturated rings. The number of benzene rings is 3. The molecule has 1 N–H and O–H groups in total. The van der Waals surface area contributed by atoms with E-state index < -0.39 is 0 Å². The van der Waals surface area contributed by atoms with Crippen molar-refractivity contribution in [1.29, 1.82) is 0 Å². The Bertz CT molecular complexity index is 714. The first-order valence-electron chi connectivity index (χ1n) is 6.03. The lowest BCUT2D eigenvalue weighted by atomic mass is 10.00. The Morgan fingerprint density at radius 3 is 2.17 bits per heavy atom. The number of phenolic OH excluding ortho intramolecular Hbond substituents is 1. The number of hydrogen-bond acceptors (Lipinski definition) is 1. The first-order chi connectivity index (χ1) is 8.74. The number of fused-ring (bicyclic) bond motifs is 1. The van der Waals surface area contributed by atoms with E-state index in [2.05, 4.69) is 30.3 Å².